The highest BCUT2D eigenvalue weighted by atomic mass is 16.5. The molecule has 1 aromatic heterocycles. The standard InChI is InChI=1S/C16H25N3O2/c1-4-21-16(20)13-7-8-18-15(14(13)17)19-12-6-5-10(2)11(3)9-12/h7-8,10-12H,4-6,9,17H2,1-3H3,(H,18,19). The van der Waals surface area contributed by atoms with Gasteiger partial charge in [0, 0.05) is 12.2 Å². The van der Waals surface area contributed by atoms with Gasteiger partial charge in [-0.3, -0.25) is 0 Å². The molecule has 116 valence electrons. The van der Waals surface area contributed by atoms with Crippen LogP contribution in [0, 0.1) is 11.8 Å². The average Bonchev–Trinajstić information content (AvgIpc) is 2.45. The predicted octanol–water partition coefficient (Wildman–Crippen LogP) is 3.08. The van der Waals surface area contributed by atoms with Crippen molar-refractivity contribution in [3.05, 3.63) is 17.8 Å². The first-order chi connectivity index (χ1) is 10.0. The number of hydrogen-bond donors (Lipinski definition) is 2. The zero-order valence-electron chi connectivity index (χ0n) is 13.1. The zero-order chi connectivity index (χ0) is 15.4. The first-order valence-corrected chi connectivity index (χ1v) is 7.71. The van der Waals surface area contributed by atoms with E-state index in [9.17, 15) is 4.79 Å². The Balaban J connectivity index is 2.10. The van der Waals surface area contributed by atoms with Crippen molar-refractivity contribution in [2.24, 2.45) is 11.8 Å². The van der Waals surface area contributed by atoms with E-state index in [0.29, 0.717) is 35.6 Å². The maximum absolute atomic E-state index is 11.8. The minimum Gasteiger partial charge on any atom is -0.462 e. The molecule has 0 saturated heterocycles. The van der Waals surface area contributed by atoms with Crippen molar-refractivity contribution in [1.29, 1.82) is 0 Å². The lowest BCUT2D eigenvalue weighted by Crippen LogP contribution is -2.31. The van der Waals surface area contributed by atoms with Gasteiger partial charge >= 0.3 is 5.97 Å². The molecule has 3 atom stereocenters. The van der Waals surface area contributed by atoms with E-state index in [-0.39, 0.29) is 0 Å². The fraction of sp³-hybridized carbons (Fsp3) is 0.625. The largest absolute Gasteiger partial charge is 0.462 e. The van der Waals surface area contributed by atoms with E-state index in [1.807, 2.05) is 0 Å². The van der Waals surface area contributed by atoms with Crippen LogP contribution in [0.25, 0.3) is 0 Å². The predicted molar refractivity (Wildman–Crippen MR) is 84.2 cm³/mol. The molecule has 0 spiro atoms. The first-order valence-electron chi connectivity index (χ1n) is 7.71. The van der Waals surface area contributed by atoms with Gasteiger partial charge in [0.1, 0.15) is 5.82 Å². The number of ether oxygens (including phenoxy) is 1. The summed E-state index contributed by atoms with van der Waals surface area (Å²) in [5.74, 6) is 1.64. The molecule has 3 unspecified atom stereocenters. The number of nitrogens with zero attached hydrogens (tertiary/aromatic N) is 1. The molecule has 1 saturated carbocycles. The third kappa shape index (κ3) is 3.65. The third-order valence-corrected chi connectivity index (χ3v) is 4.42. The number of rotatable bonds is 4. The number of esters is 1. The van der Waals surface area contributed by atoms with Gasteiger partial charge in [0.15, 0.2) is 0 Å². The summed E-state index contributed by atoms with van der Waals surface area (Å²) in [5.41, 5.74) is 6.83. The van der Waals surface area contributed by atoms with Crippen molar-refractivity contribution in [3.8, 4) is 0 Å². The lowest BCUT2D eigenvalue weighted by molar-refractivity contribution is 0.0527. The molecule has 3 N–H and O–H groups in total. The maximum atomic E-state index is 11.8. The number of aromatic nitrogens is 1. The van der Waals surface area contributed by atoms with E-state index in [4.69, 9.17) is 10.5 Å². The van der Waals surface area contributed by atoms with Gasteiger partial charge in [-0.05, 0) is 44.1 Å². The van der Waals surface area contributed by atoms with Crippen LogP contribution in [0.1, 0.15) is 50.4 Å². The molecule has 1 heterocycles. The molecule has 0 radical (unpaired) electrons. The van der Waals surface area contributed by atoms with Gasteiger partial charge in [0.2, 0.25) is 0 Å². The van der Waals surface area contributed by atoms with Gasteiger partial charge in [0.25, 0.3) is 0 Å². The quantitative estimate of drug-likeness (QED) is 0.834. The van der Waals surface area contributed by atoms with Crippen LogP contribution in [0.3, 0.4) is 0 Å². The molecule has 21 heavy (non-hydrogen) atoms. The second kappa shape index (κ2) is 6.78. The molecule has 1 aliphatic carbocycles. The Bertz CT molecular complexity index is 504. The molecule has 0 bridgehead atoms. The highest BCUT2D eigenvalue weighted by Gasteiger charge is 2.25. The summed E-state index contributed by atoms with van der Waals surface area (Å²) in [6.45, 7) is 6.69. The van der Waals surface area contributed by atoms with Crippen molar-refractivity contribution in [1.82, 2.24) is 4.98 Å². The van der Waals surface area contributed by atoms with E-state index >= 15 is 0 Å². The second-order valence-corrected chi connectivity index (χ2v) is 5.95. The summed E-state index contributed by atoms with van der Waals surface area (Å²) in [4.78, 5) is 16.1. The van der Waals surface area contributed by atoms with Gasteiger partial charge in [-0.2, -0.15) is 0 Å². The SMILES string of the molecule is CCOC(=O)c1ccnc(NC2CCC(C)C(C)C2)c1N. The van der Waals surface area contributed by atoms with Crippen molar-refractivity contribution in [2.45, 2.75) is 46.1 Å². The van der Waals surface area contributed by atoms with E-state index < -0.39 is 5.97 Å². The highest BCUT2D eigenvalue weighted by molar-refractivity contribution is 5.97. The van der Waals surface area contributed by atoms with Gasteiger partial charge in [-0.1, -0.05) is 13.8 Å². The van der Waals surface area contributed by atoms with Crippen LogP contribution in [-0.4, -0.2) is 23.6 Å². The van der Waals surface area contributed by atoms with Gasteiger partial charge < -0.3 is 15.8 Å². The normalized spacial score (nSPS) is 25.4. The number of hydrogen-bond acceptors (Lipinski definition) is 5. The molecule has 5 nitrogen and oxygen atoms in total. The van der Waals surface area contributed by atoms with Crippen LogP contribution in [0.2, 0.25) is 0 Å². The fourth-order valence-electron chi connectivity index (χ4n) is 2.85. The molecule has 0 aromatic carbocycles. The number of nitrogens with two attached hydrogens (primary N) is 1. The molecular weight excluding hydrogens is 266 g/mol. The Morgan fingerprint density at radius 2 is 2.19 bits per heavy atom. The van der Waals surface area contributed by atoms with Gasteiger partial charge in [0.05, 0.1) is 17.9 Å². The minimum absolute atomic E-state index is 0.335. The van der Waals surface area contributed by atoms with Crippen LogP contribution < -0.4 is 11.1 Å². The zero-order valence-corrected chi connectivity index (χ0v) is 13.1. The molecular formula is C16H25N3O2. The number of nitrogen functional groups attached to an aromatic ring is 1. The summed E-state index contributed by atoms with van der Waals surface area (Å²) in [7, 11) is 0. The average molecular weight is 291 g/mol. The van der Waals surface area contributed by atoms with Crippen molar-refractivity contribution in [2.75, 3.05) is 17.7 Å². The smallest absolute Gasteiger partial charge is 0.340 e. The molecule has 1 aliphatic rings. The summed E-state index contributed by atoms with van der Waals surface area (Å²) in [6.07, 6.45) is 5.01. The van der Waals surface area contributed by atoms with Crippen LogP contribution in [0.5, 0.6) is 0 Å². The van der Waals surface area contributed by atoms with Gasteiger partial charge in [-0.25, -0.2) is 9.78 Å². The number of nitrogens with one attached hydrogen (secondary N) is 1. The van der Waals surface area contributed by atoms with Crippen molar-refractivity contribution in [3.63, 3.8) is 0 Å². The lowest BCUT2D eigenvalue weighted by atomic mass is 9.79. The van der Waals surface area contributed by atoms with E-state index in [2.05, 4.69) is 24.1 Å². The molecule has 2 rings (SSSR count). The Kier molecular flexibility index (Phi) is 5.04. The van der Waals surface area contributed by atoms with Crippen LogP contribution >= 0.6 is 0 Å². The van der Waals surface area contributed by atoms with E-state index in [0.717, 1.165) is 18.8 Å². The van der Waals surface area contributed by atoms with E-state index in [1.165, 1.54) is 6.42 Å². The Labute approximate surface area is 126 Å². The number of carbonyl (C=O) groups is 1. The molecule has 1 fully saturated rings. The molecule has 0 amide bonds. The monoisotopic (exact) mass is 291 g/mol. The Morgan fingerprint density at radius 1 is 1.43 bits per heavy atom. The summed E-state index contributed by atoms with van der Waals surface area (Å²) < 4.78 is 5.01. The Hall–Kier alpha value is -1.78. The fourth-order valence-corrected chi connectivity index (χ4v) is 2.85. The Morgan fingerprint density at radius 3 is 2.86 bits per heavy atom. The molecule has 1 aromatic rings. The van der Waals surface area contributed by atoms with Gasteiger partial charge in [-0.15, -0.1) is 0 Å². The highest BCUT2D eigenvalue weighted by Crippen LogP contribution is 2.32. The van der Waals surface area contributed by atoms with E-state index in [1.54, 1.807) is 19.2 Å². The topological polar surface area (TPSA) is 77.2 Å². The minimum atomic E-state index is -0.397. The summed E-state index contributed by atoms with van der Waals surface area (Å²) in [5, 5.41) is 3.39. The second-order valence-electron chi connectivity index (χ2n) is 5.95. The van der Waals surface area contributed by atoms with Crippen LogP contribution in [0.4, 0.5) is 11.5 Å². The molecule has 5 heteroatoms. The lowest BCUT2D eigenvalue weighted by Gasteiger charge is -2.33. The maximum Gasteiger partial charge on any atom is 0.340 e. The third-order valence-electron chi connectivity index (χ3n) is 4.42. The van der Waals surface area contributed by atoms with Crippen LogP contribution in [-0.2, 0) is 4.74 Å². The molecule has 0 aliphatic heterocycles. The van der Waals surface area contributed by atoms with Crippen molar-refractivity contribution < 1.29 is 9.53 Å². The number of carbonyl (C=O) groups excluding carboxylic acids is 1. The van der Waals surface area contributed by atoms with Crippen LogP contribution in [0.15, 0.2) is 12.3 Å². The number of pyridine rings is 1. The summed E-state index contributed by atoms with van der Waals surface area (Å²) in [6, 6.07) is 1.97. The number of anilines is 2. The summed E-state index contributed by atoms with van der Waals surface area (Å²) >= 11 is 0. The van der Waals surface area contributed by atoms with Crippen molar-refractivity contribution >= 4 is 17.5 Å². The first kappa shape index (κ1) is 15.6.